The average Bonchev–Trinajstić information content (AvgIpc) is 3.06. The molecule has 1 saturated carbocycles. The molecule has 0 radical (unpaired) electrons. The molecular weight excluding hydrogens is 340 g/mol. The number of nitrogens with zero attached hydrogens (tertiary/aromatic N) is 1. The van der Waals surface area contributed by atoms with E-state index in [1.165, 1.54) is 17.5 Å². The topological polar surface area (TPSA) is 36.1 Å². The first kappa shape index (κ1) is 14.2. The Morgan fingerprint density at radius 3 is 2.91 bits per heavy atom. The van der Waals surface area contributed by atoms with E-state index in [-0.39, 0.29) is 5.56 Å². The van der Waals surface area contributed by atoms with Crippen LogP contribution >= 0.6 is 15.9 Å². The molecule has 1 saturated heterocycles. The van der Waals surface area contributed by atoms with E-state index in [0.717, 1.165) is 35.6 Å². The summed E-state index contributed by atoms with van der Waals surface area (Å²) in [5, 5.41) is 0. The van der Waals surface area contributed by atoms with Crippen LogP contribution < -0.4 is 5.56 Å². The molecule has 2 atom stereocenters. The van der Waals surface area contributed by atoms with Crippen molar-refractivity contribution in [2.75, 3.05) is 13.1 Å². The lowest BCUT2D eigenvalue weighted by atomic mass is 9.94. The van der Waals surface area contributed by atoms with Crippen LogP contribution in [0.25, 0.3) is 0 Å². The molecule has 2 heterocycles. The Hall–Kier alpha value is -1.39. The van der Waals surface area contributed by atoms with Gasteiger partial charge in [-0.25, -0.2) is 0 Å². The summed E-state index contributed by atoms with van der Waals surface area (Å²) in [4.78, 5) is 17.1. The normalized spacial score (nSPS) is 26.9. The highest BCUT2D eigenvalue weighted by Gasteiger charge is 2.60. The second-order valence-corrected chi connectivity index (χ2v) is 7.68. The van der Waals surface area contributed by atoms with E-state index in [9.17, 15) is 4.79 Å². The molecule has 3 nitrogen and oxygen atoms in total. The Morgan fingerprint density at radius 2 is 2.14 bits per heavy atom. The van der Waals surface area contributed by atoms with Gasteiger partial charge in [-0.3, -0.25) is 9.69 Å². The van der Waals surface area contributed by atoms with Crippen molar-refractivity contribution in [3.05, 3.63) is 68.0 Å². The number of aryl methyl sites for hydroxylation is 1. The van der Waals surface area contributed by atoms with Crippen molar-refractivity contribution in [1.29, 1.82) is 0 Å². The summed E-state index contributed by atoms with van der Waals surface area (Å²) in [6.07, 6.45) is 2.99. The summed E-state index contributed by atoms with van der Waals surface area (Å²) < 4.78 is 0.930. The van der Waals surface area contributed by atoms with Crippen LogP contribution in [0.4, 0.5) is 0 Å². The third-order valence-corrected chi connectivity index (χ3v) is 5.64. The molecule has 2 unspecified atom stereocenters. The lowest BCUT2D eigenvalue weighted by molar-refractivity contribution is 0.289. The smallest absolute Gasteiger partial charge is 0.252 e. The lowest BCUT2D eigenvalue weighted by Crippen LogP contribution is -2.29. The zero-order chi connectivity index (χ0) is 15.3. The molecule has 0 amide bonds. The van der Waals surface area contributed by atoms with Gasteiger partial charge in [-0.15, -0.1) is 0 Å². The van der Waals surface area contributed by atoms with Crippen molar-refractivity contribution >= 4 is 15.9 Å². The van der Waals surface area contributed by atoms with Gasteiger partial charge >= 0.3 is 0 Å². The third-order valence-electron chi connectivity index (χ3n) is 5.18. The van der Waals surface area contributed by atoms with E-state index in [4.69, 9.17) is 0 Å². The van der Waals surface area contributed by atoms with E-state index >= 15 is 0 Å². The van der Waals surface area contributed by atoms with E-state index < -0.39 is 0 Å². The van der Waals surface area contributed by atoms with Crippen LogP contribution in [0.3, 0.4) is 0 Å². The summed E-state index contributed by atoms with van der Waals surface area (Å²) in [5.74, 6) is 0.751. The van der Waals surface area contributed by atoms with Gasteiger partial charge in [0.2, 0.25) is 0 Å². The van der Waals surface area contributed by atoms with Crippen LogP contribution in [0.1, 0.15) is 23.1 Å². The third kappa shape index (κ3) is 2.34. The van der Waals surface area contributed by atoms with Crippen LogP contribution in [0, 0.1) is 12.8 Å². The van der Waals surface area contributed by atoms with Gasteiger partial charge in [-0.05, 0) is 46.8 Å². The van der Waals surface area contributed by atoms with Crippen molar-refractivity contribution < 1.29 is 0 Å². The first-order chi connectivity index (χ1) is 10.6. The van der Waals surface area contributed by atoms with Crippen LogP contribution in [0.2, 0.25) is 0 Å². The van der Waals surface area contributed by atoms with Gasteiger partial charge in [0, 0.05) is 41.3 Å². The quantitative estimate of drug-likeness (QED) is 0.914. The minimum absolute atomic E-state index is 0.0214. The van der Waals surface area contributed by atoms with Gasteiger partial charge in [0.05, 0.1) is 0 Å². The number of pyridine rings is 1. The lowest BCUT2D eigenvalue weighted by Gasteiger charge is -2.21. The number of aromatic amines is 1. The Balaban J connectivity index is 1.53. The van der Waals surface area contributed by atoms with Crippen molar-refractivity contribution in [3.63, 3.8) is 0 Å². The summed E-state index contributed by atoms with van der Waals surface area (Å²) >= 11 is 3.43. The molecule has 1 aromatic heterocycles. The zero-order valence-electron chi connectivity index (χ0n) is 12.6. The molecule has 0 spiro atoms. The highest BCUT2D eigenvalue weighted by Crippen LogP contribution is 2.59. The molecular formula is C18H19BrN2O. The fraction of sp³-hybridized carbons (Fsp3) is 0.389. The van der Waals surface area contributed by atoms with Gasteiger partial charge in [0.15, 0.2) is 0 Å². The SMILES string of the molecule is Cc1ccc(C23CC2CN(Cc2cc(Br)c[nH]c2=O)C3)cc1. The number of halogens is 1. The largest absolute Gasteiger partial charge is 0.328 e. The monoisotopic (exact) mass is 358 g/mol. The summed E-state index contributed by atoms with van der Waals surface area (Å²) in [7, 11) is 0. The number of likely N-dealkylation sites (tertiary alicyclic amines) is 1. The number of hydrogen-bond acceptors (Lipinski definition) is 2. The number of fused-ring (bicyclic) bond motifs is 1. The van der Waals surface area contributed by atoms with Gasteiger partial charge in [0.25, 0.3) is 5.56 Å². The molecule has 1 aliphatic heterocycles. The van der Waals surface area contributed by atoms with Gasteiger partial charge in [-0.1, -0.05) is 29.8 Å². The molecule has 114 valence electrons. The van der Waals surface area contributed by atoms with Crippen LogP contribution in [-0.2, 0) is 12.0 Å². The number of piperidine rings is 1. The molecule has 2 aliphatic rings. The molecule has 0 bridgehead atoms. The second kappa shape index (κ2) is 5.07. The van der Waals surface area contributed by atoms with Crippen molar-refractivity contribution in [2.45, 2.75) is 25.3 Å². The molecule has 1 aliphatic carbocycles. The van der Waals surface area contributed by atoms with E-state index in [1.54, 1.807) is 6.20 Å². The fourth-order valence-corrected chi connectivity index (χ4v) is 4.29. The van der Waals surface area contributed by atoms with Crippen molar-refractivity contribution in [1.82, 2.24) is 9.88 Å². The van der Waals surface area contributed by atoms with Gasteiger partial charge in [0.1, 0.15) is 0 Å². The molecule has 4 heteroatoms. The Morgan fingerprint density at radius 1 is 1.36 bits per heavy atom. The Labute approximate surface area is 138 Å². The highest BCUT2D eigenvalue weighted by molar-refractivity contribution is 9.10. The Bertz CT molecular complexity index is 767. The summed E-state index contributed by atoms with van der Waals surface area (Å²) in [5.41, 5.74) is 3.98. The first-order valence-corrected chi connectivity index (χ1v) is 8.53. The number of rotatable bonds is 3. The van der Waals surface area contributed by atoms with E-state index in [1.807, 2.05) is 6.07 Å². The van der Waals surface area contributed by atoms with Crippen molar-refractivity contribution in [2.24, 2.45) is 5.92 Å². The van der Waals surface area contributed by atoms with Crippen LogP contribution in [0.15, 0.2) is 45.8 Å². The van der Waals surface area contributed by atoms with Gasteiger partial charge < -0.3 is 4.98 Å². The summed E-state index contributed by atoms with van der Waals surface area (Å²) in [6, 6.07) is 10.9. The molecule has 4 rings (SSSR count). The first-order valence-electron chi connectivity index (χ1n) is 7.73. The fourth-order valence-electron chi connectivity index (χ4n) is 3.90. The molecule has 22 heavy (non-hydrogen) atoms. The standard InChI is InChI=1S/C18H19BrN2O/c1-12-2-4-14(5-3-12)18-7-15(18)10-21(11-18)9-13-6-16(19)8-20-17(13)22/h2-6,8,15H,7,9-11H2,1H3,(H,20,22). The molecule has 2 aromatic rings. The number of aromatic nitrogens is 1. The Kier molecular flexibility index (Phi) is 3.27. The van der Waals surface area contributed by atoms with E-state index in [2.05, 4.69) is 57.0 Å². The number of hydrogen-bond donors (Lipinski definition) is 1. The maximum Gasteiger partial charge on any atom is 0.252 e. The van der Waals surface area contributed by atoms with Crippen molar-refractivity contribution in [3.8, 4) is 0 Å². The predicted octanol–water partition coefficient (Wildman–Crippen LogP) is 3.22. The maximum absolute atomic E-state index is 11.9. The second-order valence-electron chi connectivity index (χ2n) is 6.77. The molecule has 2 fully saturated rings. The maximum atomic E-state index is 11.9. The predicted molar refractivity (Wildman–Crippen MR) is 91.0 cm³/mol. The number of H-pyrrole nitrogens is 1. The average molecular weight is 359 g/mol. The minimum atomic E-state index is 0.0214. The minimum Gasteiger partial charge on any atom is -0.328 e. The summed E-state index contributed by atoms with van der Waals surface area (Å²) in [6.45, 7) is 5.03. The van der Waals surface area contributed by atoms with Crippen LogP contribution in [0.5, 0.6) is 0 Å². The zero-order valence-corrected chi connectivity index (χ0v) is 14.2. The molecule has 1 aromatic carbocycles. The van der Waals surface area contributed by atoms with E-state index in [0.29, 0.717) is 5.41 Å². The van der Waals surface area contributed by atoms with Crippen LogP contribution in [-0.4, -0.2) is 23.0 Å². The molecule has 1 N–H and O–H groups in total. The van der Waals surface area contributed by atoms with Gasteiger partial charge in [-0.2, -0.15) is 0 Å². The number of nitrogens with one attached hydrogen (secondary N) is 1. The number of benzene rings is 1. The highest BCUT2D eigenvalue weighted by atomic mass is 79.9.